The van der Waals surface area contributed by atoms with E-state index in [0.717, 1.165) is 0 Å². The molecule has 1 aromatic carbocycles. The van der Waals surface area contributed by atoms with Crippen molar-refractivity contribution in [1.29, 1.82) is 0 Å². The number of aryl methyl sites for hydroxylation is 1. The lowest BCUT2D eigenvalue weighted by Crippen LogP contribution is -2.40. The molecule has 0 aromatic heterocycles. The van der Waals surface area contributed by atoms with Crippen molar-refractivity contribution in [3.05, 3.63) is 23.8 Å². The molecule has 0 saturated heterocycles. The number of anilines is 1. The lowest BCUT2D eigenvalue weighted by Gasteiger charge is -2.21. The van der Waals surface area contributed by atoms with Gasteiger partial charge in [0, 0.05) is 12.2 Å². The first-order chi connectivity index (χ1) is 8.18. The normalized spacial score (nSPS) is 15.3. The summed E-state index contributed by atoms with van der Waals surface area (Å²) < 4.78 is 26.4. The second-order valence-corrected chi connectivity index (χ2v) is 6.46. The fourth-order valence-corrected chi connectivity index (χ4v) is 2.52. The molecular formula is C12H20N2O3S. The van der Waals surface area contributed by atoms with Gasteiger partial charge in [0.25, 0.3) is 0 Å². The lowest BCUT2D eigenvalue weighted by atomic mass is 10.1. The molecule has 18 heavy (non-hydrogen) atoms. The van der Waals surface area contributed by atoms with Crippen LogP contribution >= 0.6 is 0 Å². The number of nitrogens with two attached hydrogens (primary N) is 1. The standard InChI is InChI=1S/C12H20N2O3S/c1-4-12(3,15)8-14-18(16,17)10-5-6-11(13)9(2)7-10/h5-7,14-15H,4,8,13H2,1-3H3. The molecule has 4 N–H and O–H groups in total. The van der Waals surface area contributed by atoms with E-state index >= 15 is 0 Å². The molecule has 0 bridgehead atoms. The maximum Gasteiger partial charge on any atom is 0.240 e. The summed E-state index contributed by atoms with van der Waals surface area (Å²) in [4.78, 5) is 0.154. The predicted octanol–water partition coefficient (Wildman–Crippen LogP) is 1.02. The molecule has 0 saturated carbocycles. The molecule has 0 heterocycles. The average molecular weight is 272 g/mol. The fraction of sp³-hybridized carbons (Fsp3) is 0.500. The predicted molar refractivity (Wildman–Crippen MR) is 71.7 cm³/mol. The van der Waals surface area contributed by atoms with Gasteiger partial charge in [-0.3, -0.25) is 0 Å². The summed E-state index contributed by atoms with van der Waals surface area (Å²) in [5.74, 6) is 0. The molecule has 1 rings (SSSR count). The molecule has 1 atom stereocenters. The molecule has 0 fully saturated rings. The number of aliphatic hydroxyl groups is 1. The van der Waals surface area contributed by atoms with Crippen molar-refractivity contribution >= 4 is 15.7 Å². The summed E-state index contributed by atoms with van der Waals surface area (Å²) in [6.45, 7) is 5.11. The van der Waals surface area contributed by atoms with E-state index in [-0.39, 0.29) is 11.4 Å². The third kappa shape index (κ3) is 3.69. The van der Waals surface area contributed by atoms with E-state index in [1.807, 2.05) is 0 Å². The topological polar surface area (TPSA) is 92.4 Å². The minimum atomic E-state index is -3.61. The molecule has 5 nitrogen and oxygen atoms in total. The number of hydrogen-bond donors (Lipinski definition) is 3. The number of nitrogen functional groups attached to an aromatic ring is 1. The van der Waals surface area contributed by atoms with Crippen LogP contribution in [0.1, 0.15) is 25.8 Å². The Bertz CT molecular complexity index is 524. The Hall–Kier alpha value is -1.11. The maximum absolute atomic E-state index is 12.0. The van der Waals surface area contributed by atoms with Crippen LogP contribution in [-0.4, -0.2) is 25.7 Å². The van der Waals surface area contributed by atoms with Gasteiger partial charge < -0.3 is 10.8 Å². The average Bonchev–Trinajstić information content (AvgIpc) is 2.30. The summed E-state index contributed by atoms with van der Waals surface area (Å²) in [7, 11) is -3.61. The van der Waals surface area contributed by atoms with Gasteiger partial charge in [-0.2, -0.15) is 0 Å². The van der Waals surface area contributed by atoms with Crippen LogP contribution in [0.25, 0.3) is 0 Å². The van der Waals surface area contributed by atoms with Crippen LogP contribution in [0, 0.1) is 6.92 Å². The smallest absolute Gasteiger partial charge is 0.240 e. The van der Waals surface area contributed by atoms with Gasteiger partial charge in [0.15, 0.2) is 0 Å². The highest BCUT2D eigenvalue weighted by Crippen LogP contribution is 2.17. The molecular weight excluding hydrogens is 252 g/mol. The molecule has 0 aliphatic rings. The Kier molecular flexibility index (Phi) is 4.37. The van der Waals surface area contributed by atoms with Crippen LogP contribution in [0.2, 0.25) is 0 Å². The van der Waals surface area contributed by atoms with E-state index in [9.17, 15) is 13.5 Å². The number of rotatable bonds is 5. The van der Waals surface area contributed by atoms with Gasteiger partial charge in [-0.05, 0) is 44.0 Å². The van der Waals surface area contributed by atoms with Crippen molar-refractivity contribution in [3.63, 3.8) is 0 Å². The van der Waals surface area contributed by atoms with Crippen molar-refractivity contribution < 1.29 is 13.5 Å². The van der Waals surface area contributed by atoms with Crippen molar-refractivity contribution in [2.75, 3.05) is 12.3 Å². The lowest BCUT2D eigenvalue weighted by molar-refractivity contribution is 0.0613. The van der Waals surface area contributed by atoms with Crippen molar-refractivity contribution in [3.8, 4) is 0 Å². The molecule has 0 spiro atoms. The Morgan fingerprint density at radius 2 is 2.06 bits per heavy atom. The summed E-state index contributed by atoms with van der Waals surface area (Å²) in [5.41, 5.74) is 5.85. The highest BCUT2D eigenvalue weighted by molar-refractivity contribution is 7.89. The second kappa shape index (κ2) is 5.26. The SMILES string of the molecule is CCC(C)(O)CNS(=O)(=O)c1ccc(N)c(C)c1. The molecule has 0 radical (unpaired) electrons. The number of sulfonamides is 1. The van der Waals surface area contributed by atoms with Crippen molar-refractivity contribution in [1.82, 2.24) is 4.72 Å². The van der Waals surface area contributed by atoms with Crippen molar-refractivity contribution in [2.24, 2.45) is 0 Å². The summed E-state index contributed by atoms with van der Waals surface area (Å²) in [6, 6.07) is 4.52. The fourth-order valence-electron chi connectivity index (χ4n) is 1.27. The van der Waals surface area contributed by atoms with E-state index in [1.54, 1.807) is 26.8 Å². The quantitative estimate of drug-likeness (QED) is 0.698. The van der Waals surface area contributed by atoms with Gasteiger partial charge >= 0.3 is 0 Å². The van der Waals surface area contributed by atoms with E-state index in [0.29, 0.717) is 17.7 Å². The Morgan fingerprint density at radius 3 is 2.56 bits per heavy atom. The number of benzene rings is 1. The number of hydrogen-bond acceptors (Lipinski definition) is 4. The van der Waals surface area contributed by atoms with E-state index < -0.39 is 15.6 Å². The Balaban J connectivity index is 2.90. The van der Waals surface area contributed by atoms with Gasteiger partial charge in [-0.1, -0.05) is 6.92 Å². The van der Waals surface area contributed by atoms with Crippen LogP contribution < -0.4 is 10.5 Å². The van der Waals surface area contributed by atoms with E-state index in [2.05, 4.69) is 4.72 Å². The zero-order valence-electron chi connectivity index (χ0n) is 10.9. The van der Waals surface area contributed by atoms with E-state index in [4.69, 9.17) is 5.73 Å². The summed E-state index contributed by atoms with van der Waals surface area (Å²) in [5, 5.41) is 9.79. The molecule has 102 valence electrons. The Morgan fingerprint density at radius 1 is 1.44 bits per heavy atom. The molecule has 1 unspecified atom stereocenters. The van der Waals surface area contributed by atoms with Gasteiger partial charge in [0.1, 0.15) is 0 Å². The first-order valence-corrected chi connectivity index (χ1v) is 7.24. The largest absolute Gasteiger partial charge is 0.399 e. The number of nitrogens with one attached hydrogen (secondary N) is 1. The van der Waals surface area contributed by atoms with E-state index in [1.165, 1.54) is 12.1 Å². The molecule has 6 heteroatoms. The molecule has 0 aliphatic heterocycles. The Labute approximate surface area is 108 Å². The third-order valence-electron chi connectivity index (χ3n) is 2.96. The zero-order chi connectivity index (χ0) is 14.0. The highest BCUT2D eigenvalue weighted by Gasteiger charge is 2.22. The first kappa shape index (κ1) is 14.9. The molecule has 0 amide bonds. The zero-order valence-corrected chi connectivity index (χ0v) is 11.7. The highest BCUT2D eigenvalue weighted by atomic mass is 32.2. The van der Waals surface area contributed by atoms with Crippen LogP contribution in [0.3, 0.4) is 0 Å². The summed E-state index contributed by atoms with van der Waals surface area (Å²) >= 11 is 0. The molecule has 0 aliphatic carbocycles. The van der Waals surface area contributed by atoms with Crippen LogP contribution in [-0.2, 0) is 10.0 Å². The second-order valence-electron chi connectivity index (χ2n) is 4.69. The first-order valence-electron chi connectivity index (χ1n) is 5.76. The van der Waals surface area contributed by atoms with Crippen molar-refractivity contribution in [2.45, 2.75) is 37.7 Å². The van der Waals surface area contributed by atoms with Crippen LogP contribution in [0.15, 0.2) is 23.1 Å². The molecule has 1 aromatic rings. The maximum atomic E-state index is 12.0. The minimum absolute atomic E-state index is 0.0186. The van der Waals surface area contributed by atoms with Crippen LogP contribution in [0.4, 0.5) is 5.69 Å². The third-order valence-corrected chi connectivity index (χ3v) is 4.36. The minimum Gasteiger partial charge on any atom is -0.399 e. The van der Waals surface area contributed by atoms with Gasteiger partial charge in [0.2, 0.25) is 10.0 Å². The summed E-state index contributed by atoms with van der Waals surface area (Å²) in [6.07, 6.45) is 0.469. The van der Waals surface area contributed by atoms with Gasteiger partial charge in [0.05, 0.1) is 10.5 Å². The van der Waals surface area contributed by atoms with Gasteiger partial charge in [-0.25, -0.2) is 13.1 Å². The van der Waals surface area contributed by atoms with Gasteiger partial charge in [-0.15, -0.1) is 0 Å². The van der Waals surface area contributed by atoms with Crippen LogP contribution in [0.5, 0.6) is 0 Å². The monoisotopic (exact) mass is 272 g/mol.